The van der Waals surface area contributed by atoms with Crippen molar-refractivity contribution in [3.8, 4) is 0 Å². The summed E-state index contributed by atoms with van der Waals surface area (Å²) in [4.78, 5) is 36.9. The van der Waals surface area contributed by atoms with E-state index in [0.29, 0.717) is 13.1 Å². The van der Waals surface area contributed by atoms with E-state index in [1.807, 2.05) is 6.07 Å². The van der Waals surface area contributed by atoms with Crippen molar-refractivity contribution in [3.05, 3.63) is 29.3 Å². The molecule has 0 bridgehead atoms. The smallest absolute Gasteiger partial charge is 0.324 e. The minimum Gasteiger partial charge on any atom is -0.455 e. The number of imide groups is 1. The zero-order valence-electron chi connectivity index (χ0n) is 12.7. The van der Waals surface area contributed by atoms with Crippen molar-refractivity contribution >= 4 is 29.7 Å². The topological polar surface area (TPSA) is 75.7 Å². The van der Waals surface area contributed by atoms with Crippen LogP contribution in [0.15, 0.2) is 23.1 Å². The number of fused-ring (bicyclic) bond motifs is 1. The zero-order chi connectivity index (χ0) is 16.2. The third kappa shape index (κ3) is 3.85. The zero-order valence-corrected chi connectivity index (χ0v) is 13.5. The number of rotatable bonds is 5. The van der Waals surface area contributed by atoms with Gasteiger partial charge >= 0.3 is 12.0 Å². The molecule has 1 aliphatic heterocycles. The number of carbonyl (C=O) groups excluding carboxylic acids is 3. The molecular formula is C16H18N2O4S. The molecule has 122 valence electrons. The Kier molecular flexibility index (Phi) is 4.85. The number of nitrogens with zero attached hydrogens (tertiary/aromatic N) is 1. The summed E-state index contributed by atoms with van der Waals surface area (Å²) in [6, 6.07) is 5.83. The molecule has 0 aromatic heterocycles. The van der Waals surface area contributed by atoms with Crippen LogP contribution in [0.2, 0.25) is 0 Å². The lowest BCUT2D eigenvalue weighted by Gasteiger charge is -2.12. The summed E-state index contributed by atoms with van der Waals surface area (Å²) in [5.74, 6) is -0.794. The fourth-order valence-electron chi connectivity index (χ4n) is 2.75. The number of ether oxygens (including phenoxy) is 1. The van der Waals surface area contributed by atoms with E-state index in [1.54, 1.807) is 0 Å². The predicted molar refractivity (Wildman–Crippen MR) is 85.3 cm³/mol. The number of thioether (sulfide) groups is 1. The molecule has 0 spiro atoms. The number of benzene rings is 1. The molecule has 23 heavy (non-hydrogen) atoms. The molecule has 3 amide bonds. The third-order valence-electron chi connectivity index (χ3n) is 3.94. The van der Waals surface area contributed by atoms with Gasteiger partial charge in [-0.15, -0.1) is 11.8 Å². The van der Waals surface area contributed by atoms with Crippen molar-refractivity contribution in [1.82, 2.24) is 10.2 Å². The maximum atomic E-state index is 11.7. The third-order valence-corrected chi connectivity index (χ3v) is 4.91. The monoisotopic (exact) mass is 334 g/mol. The van der Waals surface area contributed by atoms with Crippen molar-refractivity contribution < 1.29 is 19.1 Å². The first kappa shape index (κ1) is 15.9. The van der Waals surface area contributed by atoms with Gasteiger partial charge in [-0.05, 0) is 42.5 Å². The molecule has 1 N–H and O–H groups in total. The van der Waals surface area contributed by atoms with Gasteiger partial charge in [0.05, 0.1) is 5.75 Å². The number of esters is 1. The van der Waals surface area contributed by atoms with Crippen LogP contribution in [-0.2, 0) is 27.2 Å². The van der Waals surface area contributed by atoms with Gasteiger partial charge < -0.3 is 10.1 Å². The molecule has 0 atom stereocenters. The highest BCUT2D eigenvalue weighted by atomic mass is 32.2. The molecule has 2 aliphatic rings. The SMILES string of the molecule is O=C(CSc1ccc2c(c1)CCC2)OCC(=O)N1CCNC1=O. The summed E-state index contributed by atoms with van der Waals surface area (Å²) in [6.45, 7) is 0.364. The van der Waals surface area contributed by atoms with Gasteiger partial charge in [-0.25, -0.2) is 4.79 Å². The summed E-state index contributed by atoms with van der Waals surface area (Å²) >= 11 is 1.40. The van der Waals surface area contributed by atoms with Crippen LogP contribution in [0, 0.1) is 0 Å². The molecule has 1 aromatic carbocycles. The van der Waals surface area contributed by atoms with Gasteiger partial charge in [0.2, 0.25) is 0 Å². The number of hydrogen-bond acceptors (Lipinski definition) is 5. The molecular weight excluding hydrogens is 316 g/mol. The van der Waals surface area contributed by atoms with Crippen molar-refractivity contribution in [1.29, 1.82) is 0 Å². The largest absolute Gasteiger partial charge is 0.455 e. The molecule has 0 saturated carbocycles. The maximum Gasteiger partial charge on any atom is 0.324 e. The average Bonchev–Trinajstić information content (AvgIpc) is 3.18. The Hall–Kier alpha value is -2.02. The molecule has 0 unspecified atom stereocenters. The Morgan fingerprint density at radius 3 is 2.87 bits per heavy atom. The fraction of sp³-hybridized carbons (Fsp3) is 0.438. The van der Waals surface area contributed by atoms with Gasteiger partial charge in [-0.1, -0.05) is 6.07 Å². The number of aryl methyl sites for hydroxylation is 2. The molecule has 1 aliphatic carbocycles. The second kappa shape index (κ2) is 7.04. The van der Waals surface area contributed by atoms with Crippen molar-refractivity contribution in [2.45, 2.75) is 24.2 Å². The highest BCUT2D eigenvalue weighted by Crippen LogP contribution is 2.27. The highest BCUT2D eigenvalue weighted by Gasteiger charge is 2.26. The van der Waals surface area contributed by atoms with Crippen LogP contribution in [0.3, 0.4) is 0 Å². The summed E-state index contributed by atoms with van der Waals surface area (Å²) in [5, 5.41) is 2.53. The minimum absolute atomic E-state index is 0.151. The molecule has 1 heterocycles. The Morgan fingerprint density at radius 1 is 1.26 bits per heavy atom. The molecule has 0 radical (unpaired) electrons. The van der Waals surface area contributed by atoms with E-state index in [4.69, 9.17) is 4.74 Å². The number of hydrogen-bond donors (Lipinski definition) is 1. The molecule has 1 aromatic rings. The van der Waals surface area contributed by atoms with Crippen LogP contribution in [0.25, 0.3) is 0 Å². The number of carbonyl (C=O) groups is 3. The van der Waals surface area contributed by atoms with E-state index in [1.165, 1.54) is 29.3 Å². The van der Waals surface area contributed by atoms with E-state index in [-0.39, 0.29) is 5.75 Å². The van der Waals surface area contributed by atoms with Crippen LogP contribution in [0.1, 0.15) is 17.5 Å². The lowest BCUT2D eigenvalue weighted by molar-refractivity contribution is -0.148. The quantitative estimate of drug-likeness (QED) is 0.650. The van der Waals surface area contributed by atoms with Crippen LogP contribution < -0.4 is 5.32 Å². The Balaban J connectivity index is 1.43. The van der Waals surface area contributed by atoms with Crippen molar-refractivity contribution in [2.75, 3.05) is 25.4 Å². The first-order chi connectivity index (χ1) is 11.1. The van der Waals surface area contributed by atoms with E-state index in [9.17, 15) is 14.4 Å². The van der Waals surface area contributed by atoms with Gasteiger partial charge in [0.15, 0.2) is 6.61 Å². The Morgan fingerprint density at radius 2 is 2.09 bits per heavy atom. The van der Waals surface area contributed by atoms with Gasteiger partial charge in [-0.3, -0.25) is 14.5 Å². The second-order valence-corrected chi connectivity index (χ2v) is 6.56. The Bertz CT molecular complexity index is 647. The molecule has 3 rings (SSSR count). The summed E-state index contributed by atoms with van der Waals surface area (Å²) in [5.41, 5.74) is 2.75. The van der Waals surface area contributed by atoms with Crippen LogP contribution in [0.4, 0.5) is 4.79 Å². The van der Waals surface area contributed by atoms with Crippen LogP contribution in [0.5, 0.6) is 0 Å². The summed E-state index contributed by atoms with van der Waals surface area (Å²) in [7, 11) is 0. The van der Waals surface area contributed by atoms with E-state index in [0.717, 1.165) is 22.6 Å². The normalized spacial score (nSPS) is 16.2. The van der Waals surface area contributed by atoms with Gasteiger partial charge in [-0.2, -0.15) is 0 Å². The lowest BCUT2D eigenvalue weighted by atomic mass is 10.1. The van der Waals surface area contributed by atoms with Gasteiger partial charge in [0.25, 0.3) is 5.91 Å². The molecule has 1 saturated heterocycles. The lowest BCUT2D eigenvalue weighted by Crippen LogP contribution is -2.37. The van der Waals surface area contributed by atoms with Crippen molar-refractivity contribution in [3.63, 3.8) is 0 Å². The number of nitrogens with one attached hydrogen (secondary N) is 1. The summed E-state index contributed by atoms with van der Waals surface area (Å²) < 4.78 is 4.95. The first-order valence-electron chi connectivity index (χ1n) is 7.62. The van der Waals surface area contributed by atoms with Gasteiger partial charge in [0, 0.05) is 18.0 Å². The summed E-state index contributed by atoms with van der Waals surface area (Å²) in [6.07, 6.45) is 3.42. The minimum atomic E-state index is -0.490. The van der Waals surface area contributed by atoms with Crippen LogP contribution >= 0.6 is 11.8 Å². The fourth-order valence-corrected chi connectivity index (χ4v) is 3.51. The number of amides is 3. The molecule has 7 heteroatoms. The van der Waals surface area contributed by atoms with Crippen LogP contribution in [-0.4, -0.2) is 48.3 Å². The second-order valence-electron chi connectivity index (χ2n) is 5.51. The van der Waals surface area contributed by atoms with E-state index < -0.39 is 24.5 Å². The highest BCUT2D eigenvalue weighted by molar-refractivity contribution is 8.00. The van der Waals surface area contributed by atoms with E-state index in [2.05, 4.69) is 17.4 Å². The van der Waals surface area contributed by atoms with Crippen molar-refractivity contribution in [2.24, 2.45) is 0 Å². The molecule has 6 nitrogen and oxygen atoms in total. The standard InChI is InChI=1S/C16H18N2O4S/c19-14(18-7-6-17-16(18)21)9-22-15(20)10-23-13-5-4-11-2-1-3-12(11)8-13/h4-5,8H,1-3,6-7,9-10H2,(H,17,21). The molecule has 1 fully saturated rings. The van der Waals surface area contributed by atoms with Gasteiger partial charge in [0.1, 0.15) is 0 Å². The number of urea groups is 1. The van der Waals surface area contributed by atoms with E-state index >= 15 is 0 Å². The Labute approximate surface area is 138 Å². The first-order valence-corrected chi connectivity index (χ1v) is 8.60. The predicted octanol–water partition coefficient (Wildman–Crippen LogP) is 1.36. The maximum absolute atomic E-state index is 11.7. The average molecular weight is 334 g/mol.